The Bertz CT molecular complexity index is 279. The molecule has 0 fully saturated rings. The topological polar surface area (TPSA) is 107 Å². The molecule has 2 amide bonds. The lowest BCUT2D eigenvalue weighted by molar-refractivity contribution is -0.145. The molecule has 0 aliphatic carbocycles. The number of aliphatic carboxylic acids is 2. The van der Waals surface area contributed by atoms with Gasteiger partial charge < -0.3 is 20.4 Å². The number of carboxylic acids is 2. The van der Waals surface area contributed by atoms with Crippen molar-refractivity contribution in [1.82, 2.24) is 10.2 Å². The maximum absolute atomic E-state index is 11.4. The fourth-order valence-electron chi connectivity index (χ4n) is 1.07. The van der Waals surface area contributed by atoms with Crippen LogP contribution >= 0.6 is 0 Å². The number of urea groups is 1. The highest BCUT2D eigenvalue weighted by atomic mass is 16.4. The van der Waals surface area contributed by atoms with Crippen LogP contribution in [-0.4, -0.2) is 52.7 Å². The number of nitrogens with one attached hydrogen (secondary N) is 1. The molecule has 0 aromatic rings. The van der Waals surface area contributed by atoms with Crippen molar-refractivity contribution in [3.63, 3.8) is 0 Å². The lowest BCUT2D eigenvalue weighted by Gasteiger charge is -2.19. The SMILES string of the molecule is CCCN(C)C(=O)N[C@@H](CC(=O)O)C(=O)O. The number of nitrogens with zero attached hydrogens (tertiary/aromatic N) is 1. The van der Waals surface area contributed by atoms with E-state index in [4.69, 9.17) is 10.2 Å². The van der Waals surface area contributed by atoms with Crippen molar-refractivity contribution in [3.8, 4) is 0 Å². The Kier molecular flexibility index (Phi) is 5.91. The third-order valence-corrected chi connectivity index (χ3v) is 1.88. The van der Waals surface area contributed by atoms with E-state index in [9.17, 15) is 14.4 Å². The molecule has 0 radical (unpaired) electrons. The van der Waals surface area contributed by atoms with E-state index in [-0.39, 0.29) is 0 Å². The first-order valence-corrected chi connectivity index (χ1v) is 4.84. The minimum Gasteiger partial charge on any atom is -0.481 e. The highest BCUT2D eigenvalue weighted by molar-refractivity contribution is 5.86. The first kappa shape index (κ1) is 14.2. The van der Waals surface area contributed by atoms with E-state index in [1.54, 1.807) is 0 Å². The quantitative estimate of drug-likeness (QED) is 0.596. The molecule has 0 spiro atoms. The fourth-order valence-corrected chi connectivity index (χ4v) is 1.07. The summed E-state index contributed by atoms with van der Waals surface area (Å²) in [6.45, 7) is 2.35. The number of hydrogen-bond acceptors (Lipinski definition) is 3. The summed E-state index contributed by atoms with van der Waals surface area (Å²) in [5.74, 6) is -2.63. The zero-order valence-electron chi connectivity index (χ0n) is 9.27. The molecule has 92 valence electrons. The Balaban J connectivity index is 4.34. The summed E-state index contributed by atoms with van der Waals surface area (Å²) in [6, 6.07) is -1.99. The van der Waals surface area contributed by atoms with Gasteiger partial charge in [-0.3, -0.25) is 4.79 Å². The molecule has 1 atom stereocenters. The largest absolute Gasteiger partial charge is 0.481 e. The van der Waals surface area contributed by atoms with E-state index in [1.807, 2.05) is 6.92 Å². The van der Waals surface area contributed by atoms with Gasteiger partial charge in [-0.05, 0) is 6.42 Å². The molecular weight excluding hydrogens is 216 g/mol. The molecule has 0 aliphatic rings. The predicted molar refractivity (Wildman–Crippen MR) is 55.1 cm³/mol. The standard InChI is InChI=1S/C9H16N2O5/c1-3-4-11(2)9(16)10-6(8(14)15)5-7(12)13/h6H,3-5H2,1-2H3,(H,10,16)(H,12,13)(H,14,15)/t6-/m0/s1. The number of rotatable bonds is 6. The smallest absolute Gasteiger partial charge is 0.326 e. The number of carboxylic acid groups (broad SMARTS) is 2. The third-order valence-electron chi connectivity index (χ3n) is 1.88. The molecule has 0 aromatic heterocycles. The van der Waals surface area contributed by atoms with E-state index in [1.165, 1.54) is 11.9 Å². The van der Waals surface area contributed by atoms with Gasteiger partial charge in [-0.2, -0.15) is 0 Å². The summed E-state index contributed by atoms with van der Waals surface area (Å²) in [5, 5.41) is 19.3. The molecule has 7 heteroatoms. The van der Waals surface area contributed by atoms with Crippen LogP contribution in [0.3, 0.4) is 0 Å². The molecule has 7 nitrogen and oxygen atoms in total. The zero-order chi connectivity index (χ0) is 12.7. The van der Waals surface area contributed by atoms with Gasteiger partial charge in [0, 0.05) is 13.6 Å². The van der Waals surface area contributed by atoms with Gasteiger partial charge in [0.25, 0.3) is 0 Å². The van der Waals surface area contributed by atoms with Crippen molar-refractivity contribution < 1.29 is 24.6 Å². The molecule has 0 unspecified atom stereocenters. The summed E-state index contributed by atoms with van der Waals surface area (Å²) in [7, 11) is 1.51. The number of carbonyl (C=O) groups is 3. The van der Waals surface area contributed by atoms with Gasteiger partial charge in [0.15, 0.2) is 0 Å². The predicted octanol–water partition coefficient (Wildman–Crippen LogP) is -0.0343. The van der Waals surface area contributed by atoms with Crippen LogP contribution in [0.15, 0.2) is 0 Å². The lowest BCUT2D eigenvalue weighted by atomic mass is 10.2. The third kappa shape index (κ3) is 5.18. The van der Waals surface area contributed by atoms with Crippen LogP contribution in [0.25, 0.3) is 0 Å². The zero-order valence-corrected chi connectivity index (χ0v) is 9.27. The van der Waals surface area contributed by atoms with Crippen LogP contribution in [0, 0.1) is 0 Å². The molecule has 16 heavy (non-hydrogen) atoms. The van der Waals surface area contributed by atoms with Gasteiger partial charge in [0.1, 0.15) is 6.04 Å². The Morgan fingerprint density at radius 3 is 2.25 bits per heavy atom. The van der Waals surface area contributed by atoms with Gasteiger partial charge >= 0.3 is 18.0 Å². The van der Waals surface area contributed by atoms with E-state index < -0.39 is 30.4 Å². The first-order valence-electron chi connectivity index (χ1n) is 4.84. The molecule has 0 saturated heterocycles. The van der Waals surface area contributed by atoms with Crippen molar-refractivity contribution in [3.05, 3.63) is 0 Å². The van der Waals surface area contributed by atoms with Gasteiger partial charge in [-0.15, -0.1) is 0 Å². The molecular formula is C9H16N2O5. The van der Waals surface area contributed by atoms with Crippen molar-refractivity contribution in [2.24, 2.45) is 0 Å². The van der Waals surface area contributed by atoms with E-state index in [2.05, 4.69) is 5.32 Å². The normalized spacial score (nSPS) is 11.6. The summed E-state index contributed by atoms with van der Waals surface area (Å²) in [6.07, 6.45) is 0.0988. The lowest BCUT2D eigenvalue weighted by Crippen LogP contribution is -2.47. The second-order valence-corrected chi connectivity index (χ2v) is 3.36. The van der Waals surface area contributed by atoms with Gasteiger partial charge in [0.05, 0.1) is 6.42 Å². The second kappa shape index (κ2) is 6.65. The minimum absolute atomic E-state index is 0.477. The first-order chi connectivity index (χ1) is 7.38. The summed E-state index contributed by atoms with van der Waals surface area (Å²) in [4.78, 5) is 33.7. The molecule has 0 saturated carbocycles. The molecule has 0 aliphatic heterocycles. The average molecular weight is 232 g/mol. The molecule has 3 N–H and O–H groups in total. The van der Waals surface area contributed by atoms with Crippen LogP contribution in [0.4, 0.5) is 4.79 Å². The number of amides is 2. The molecule has 0 rings (SSSR count). The van der Waals surface area contributed by atoms with Crippen molar-refractivity contribution in [1.29, 1.82) is 0 Å². The van der Waals surface area contributed by atoms with Gasteiger partial charge in [0.2, 0.25) is 0 Å². The summed E-state index contributed by atoms with van der Waals surface area (Å²) in [5.41, 5.74) is 0. The van der Waals surface area contributed by atoms with Crippen LogP contribution in [-0.2, 0) is 9.59 Å². The van der Waals surface area contributed by atoms with Crippen LogP contribution < -0.4 is 5.32 Å². The Morgan fingerprint density at radius 2 is 1.88 bits per heavy atom. The summed E-state index contributed by atoms with van der Waals surface area (Å²) < 4.78 is 0. The van der Waals surface area contributed by atoms with E-state index in [0.717, 1.165) is 6.42 Å². The Morgan fingerprint density at radius 1 is 1.31 bits per heavy atom. The maximum atomic E-state index is 11.4. The van der Waals surface area contributed by atoms with Crippen molar-refractivity contribution >= 4 is 18.0 Å². The van der Waals surface area contributed by atoms with Gasteiger partial charge in [-0.1, -0.05) is 6.92 Å². The highest BCUT2D eigenvalue weighted by Crippen LogP contribution is 1.95. The minimum atomic E-state index is -1.40. The van der Waals surface area contributed by atoms with Crippen LogP contribution in [0.5, 0.6) is 0 Å². The van der Waals surface area contributed by atoms with Crippen molar-refractivity contribution in [2.75, 3.05) is 13.6 Å². The van der Waals surface area contributed by atoms with Crippen LogP contribution in [0.1, 0.15) is 19.8 Å². The van der Waals surface area contributed by atoms with E-state index in [0.29, 0.717) is 6.54 Å². The fraction of sp³-hybridized carbons (Fsp3) is 0.667. The molecule has 0 heterocycles. The monoisotopic (exact) mass is 232 g/mol. The number of hydrogen-bond donors (Lipinski definition) is 3. The number of carbonyl (C=O) groups excluding carboxylic acids is 1. The highest BCUT2D eigenvalue weighted by Gasteiger charge is 2.24. The maximum Gasteiger partial charge on any atom is 0.326 e. The second-order valence-electron chi connectivity index (χ2n) is 3.36. The average Bonchev–Trinajstić information content (AvgIpc) is 2.16. The van der Waals surface area contributed by atoms with E-state index >= 15 is 0 Å². The summed E-state index contributed by atoms with van der Waals surface area (Å²) >= 11 is 0. The van der Waals surface area contributed by atoms with Gasteiger partial charge in [-0.25, -0.2) is 9.59 Å². The van der Waals surface area contributed by atoms with Crippen molar-refractivity contribution in [2.45, 2.75) is 25.8 Å². The van der Waals surface area contributed by atoms with Crippen LogP contribution in [0.2, 0.25) is 0 Å². The Hall–Kier alpha value is -1.79. The molecule has 0 bridgehead atoms. The Labute approximate surface area is 93.0 Å². The molecule has 0 aromatic carbocycles.